The minimum Gasteiger partial charge on any atom is -0.485 e. The van der Waals surface area contributed by atoms with Crippen molar-refractivity contribution < 1.29 is 28.6 Å². The molecule has 2 amide bonds. The van der Waals surface area contributed by atoms with E-state index in [9.17, 15) is 14.4 Å². The molecule has 0 bridgehead atoms. The number of carbonyl (C=O) groups is 3. The molecule has 0 fully saturated rings. The molecule has 0 spiro atoms. The molecule has 2 atom stereocenters. The minimum absolute atomic E-state index is 0.0189. The van der Waals surface area contributed by atoms with Crippen molar-refractivity contribution in [3.63, 3.8) is 0 Å². The first kappa shape index (κ1) is 18.2. The lowest BCUT2D eigenvalue weighted by Gasteiger charge is -2.25. The molecule has 2 N–H and O–H groups in total. The van der Waals surface area contributed by atoms with E-state index in [1.165, 1.54) is 6.92 Å². The van der Waals surface area contributed by atoms with E-state index < -0.39 is 30.0 Å². The lowest BCUT2D eigenvalue weighted by Crippen LogP contribution is -2.48. The van der Waals surface area contributed by atoms with E-state index in [0.717, 1.165) is 0 Å². The number of ether oxygens (including phenoxy) is 3. The number of esters is 1. The van der Waals surface area contributed by atoms with E-state index in [-0.39, 0.29) is 6.61 Å². The second-order valence-electron chi connectivity index (χ2n) is 5.75. The second kappa shape index (κ2) is 8.22. The number of hydrogen-bond acceptors (Lipinski definition) is 6. The summed E-state index contributed by atoms with van der Waals surface area (Å²) in [6.07, 6.45) is -2.11. The Morgan fingerprint density at radius 2 is 1.67 bits per heavy atom. The molecule has 0 unspecified atom stereocenters. The van der Waals surface area contributed by atoms with Gasteiger partial charge in [-0.05, 0) is 31.2 Å². The Morgan fingerprint density at radius 1 is 1.00 bits per heavy atom. The molecule has 1 heterocycles. The number of hydrogen-bond donors (Lipinski definition) is 2. The number of carbonyl (C=O) groups excluding carboxylic acids is 3. The molecule has 0 aromatic heterocycles. The zero-order valence-electron chi connectivity index (χ0n) is 14.5. The molecule has 0 radical (unpaired) electrons. The van der Waals surface area contributed by atoms with Gasteiger partial charge in [-0.15, -0.1) is 0 Å². The number of fused-ring (bicyclic) bond motifs is 1. The fraction of sp³-hybridized carbons (Fsp3) is 0.211. The molecule has 8 nitrogen and oxygen atoms in total. The van der Waals surface area contributed by atoms with Crippen LogP contribution in [-0.2, 0) is 14.3 Å². The maximum atomic E-state index is 12.2. The van der Waals surface area contributed by atoms with Crippen LogP contribution in [0.25, 0.3) is 0 Å². The van der Waals surface area contributed by atoms with Crippen LogP contribution >= 0.6 is 0 Å². The smallest absolute Gasteiger partial charge is 0.351 e. The van der Waals surface area contributed by atoms with Gasteiger partial charge >= 0.3 is 5.97 Å². The van der Waals surface area contributed by atoms with Crippen LogP contribution < -0.4 is 20.3 Å². The predicted molar refractivity (Wildman–Crippen MR) is 94.0 cm³/mol. The number of benzene rings is 2. The largest absolute Gasteiger partial charge is 0.485 e. The van der Waals surface area contributed by atoms with Gasteiger partial charge in [0.15, 0.2) is 17.6 Å². The van der Waals surface area contributed by atoms with Crippen molar-refractivity contribution in [3.8, 4) is 11.5 Å². The third kappa shape index (κ3) is 4.55. The van der Waals surface area contributed by atoms with Gasteiger partial charge in [-0.1, -0.05) is 30.3 Å². The summed E-state index contributed by atoms with van der Waals surface area (Å²) in [7, 11) is 0. The normalized spacial score (nSPS) is 16.0. The molecule has 1 aliphatic heterocycles. The van der Waals surface area contributed by atoms with Crippen LogP contribution in [0.4, 0.5) is 0 Å². The Labute approximate surface area is 155 Å². The third-order valence-corrected chi connectivity index (χ3v) is 3.77. The fourth-order valence-corrected chi connectivity index (χ4v) is 2.32. The van der Waals surface area contributed by atoms with Gasteiger partial charge in [0.05, 0.1) is 0 Å². The molecule has 0 saturated heterocycles. The lowest BCUT2D eigenvalue weighted by molar-refractivity contribution is -0.163. The number of amides is 2. The summed E-state index contributed by atoms with van der Waals surface area (Å²) in [5.41, 5.74) is 4.86. The monoisotopic (exact) mass is 370 g/mol. The van der Waals surface area contributed by atoms with Crippen molar-refractivity contribution in [3.05, 3.63) is 60.2 Å². The molecule has 3 rings (SSSR count). The van der Waals surface area contributed by atoms with E-state index in [2.05, 4.69) is 10.9 Å². The Morgan fingerprint density at radius 3 is 2.41 bits per heavy atom. The summed E-state index contributed by atoms with van der Waals surface area (Å²) in [4.78, 5) is 36.1. The van der Waals surface area contributed by atoms with Gasteiger partial charge in [0, 0.05) is 5.56 Å². The van der Waals surface area contributed by atoms with Gasteiger partial charge < -0.3 is 14.2 Å². The van der Waals surface area contributed by atoms with Crippen molar-refractivity contribution in [1.29, 1.82) is 0 Å². The molecule has 8 heteroatoms. The van der Waals surface area contributed by atoms with E-state index >= 15 is 0 Å². The van der Waals surface area contributed by atoms with Crippen molar-refractivity contribution >= 4 is 17.8 Å². The summed E-state index contributed by atoms with van der Waals surface area (Å²) in [6.45, 7) is 1.37. The van der Waals surface area contributed by atoms with E-state index in [1.54, 1.807) is 54.6 Å². The van der Waals surface area contributed by atoms with Crippen molar-refractivity contribution in [2.24, 2.45) is 0 Å². The Balaban J connectivity index is 1.48. The van der Waals surface area contributed by atoms with Crippen LogP contribution in [-0.4, -0.2) is 36.6 Å². The van der Waals surface area contributed by atoms with Crippen LogP contribution in [0, 0.1) is 0 Å². The molecule has 0 aliphatic carbocycles. The highest BCUT2D eigenvalue weighted by Crippen LogP contribution is 2.31. The average Bonchev–Trinajstić information content (AvgIpc) is 2.71. The third-order valence-electron chi connectivity index (χ3n) is 3.77. The molecule has 140 valence electrons. The molecule has 0 saturated carbocycles. The summed E-state index contributed by atoms with van der Waals surface area (Å²) in [6, 6.07) is 15.3. The average molecular weight is 370 g/mol. The molecule has 2 aromatic carbocycles. The van der Waals surface area contributed by atoms with Gasteiger partial charge in [-0.25, -0.2) is 4.79 Å². The lowest BCUT2D eigenvalue weighted by atomic mass is 10.2. The van der Waals surface area contributed by atoms with Gasteiger partial charge in [0.25, 0.3) is 11.8 Å². The van der Waals surface area contributed by atoms with Gasteiger partial charge in [-0.3, -0.25) is 20.4 Å². The summed E-state index contributed by atoms with van der Waals surface area (Å²) < 4.78 is 16.1. The first-order valence-corrected chi connectivity index (χ1v) is 8.29. The van der Waals surface area contributed by atoms with Crippen LogP contribution in [0.3, 0.4) is 0 Å². The van der Waals surface area contributed by atoms with Crippen LogP contribution in [0.15, 0.2) is 54.6 Å². The number of para-hydroxylation sites is 2. The zero-order chi connectivity index (χ0) is 19.2. The zero-order valence-corrected chi connectivity index (χ0v) is 14.5. The molecule has 2 aromatic rings. The maximum absolute atomic E-state index is 12.2. The quantitative estimate of drug-likeness (QED) is 0.620. The molecular formula is C19H18N2O6. The number of hydrazine groups is 1. The predicted octanol–water partition coefficient (Wildman–Crippen LogP) is 1.22. The van der Waals surface area contributed by atoms with Gasteiger partial charge in [0.1, 0.15) is 6.61 Å². The topological polar surface area (TPSA) is 103 Å². The van der Waals surface area contributed by atoms with Crippen LogP contribution in [0.5, 0.6) is 11.5 Å². The molecular weight excluding hydrogens is 352 g/mol. The maximum Gasteiger partial charge on any atom is 0.351 e. The van der Waals surface area contributed by atoms with E-state index in [1.807, 2.05) is 0 Å². The Bertz CT molecular complexity index is 839. The van der Waals surface area contributed by atoms with Gasteiger partial charge in [-0.2, -0.15) is 0 Å². The number of nitrogens with one attached hydrogen (secondary N) is 2. The second-order valence-corrected chi connectivity index (χ2v) is 5.75. The van der Waals surface area contributed by atoms with E-state index in [0.29, 0.717) is 17.1 Å². The summed E-state index contributed by atoms with van der Waals surface area (Å²) in [5, 5.41) is 0. The van der Waals surface area contributed by atoms with E-state index in [4.69, 9.17) is 14.2 Å². The fourth-order valence-electron chi connectivity index (χ4n) is 2.32. The first-order valence-electron chi connectivity index (χ1n) is 8.29. The minimum atomic E-state index is -1.13. The van der Waals surface area contributed by atoms with Crippen molar-refractivity contribution in [2.75, 3.05) is 6.61 Å². The van der Waals surface area contributed by atoms with Gasteiger partial charge in [0.2, 0.25) is 6.10 Å². The van der Waals surface area contributed by atoms with Crippen LogP contribution in [0.1, 0.15) is 17.3 Å². The van der Waals surface area contributed by atoms with Crippen molar-refractivity contribution in [1.82, 2.24) is 10.9 Å². The number of rotatable bonds is 4. The summed E-state index contributed by atoms with van der Waals surface area (Å²) >= 11 is 0. The Kier molecular flexibility index (Phi) is 5.55. The highest BCUT2D eigenvalue weighted by Gasteiger charge is 2.31. The Hall–Kier alpha value is -3.55. The molecule has 27 heavy (non-hydrogen) atoms. The first-order chi connectivity index (χ1) is 13.0. The highest BCUT2D eigenvalue weighted by atomic mass is 16.6. The SMILES string of the molecule is C[C@H](OC(=O)[C@H]1COc2ccccc2O1)C(=O)NNC(=O)c1ccccc1. The standard InChI is InChI=1S/C19H18N2O6/c1-12(17(22)20-21-18(23)13-7-3-2-4-8-13)26-19(24)16-11-25-14-9-5-6-10-15(14)27-16/h2-10,12,16H,11H2,1H3,(H,20,22)(H,21,23)/t12-,16+/m0/s1. The van der Waals surface area contributed by atoms with Crippen LogP contribution in [0.2, 0.25) is 0 Å². The van der Waals surface area contributed by atoms with Crippen molar-refractivity contribution in [2.45, 2.75) is 19.1 Å². The highest BCUT2D eigenvalue weighted by molar-refractivity contribution is 5.95. The molecule has 1 aliphatic rings. The summed E-state index contributed by atoms with van der Waals surface area (Å²) in [5.74, 6) is -0.928.